The zero-order valence-corrected chi connectivity index (χ0v) is 12.5. The summed E-state index contributed by atoms with van der Waals surface area (Å²) in [7, 11) is 2.05. The average molecular weight is 286 g/mol. The van der Waals surface area contributed by atoms with Crippen LogP contribution in [0.3, 0.4) is 0 Å². The van der Waals surface area contributed by atoms with Crippen LogP contribution in [0.5, 0.6) is 0 Å². The molecule has 0 atom stereocenters. The maximum absolute atomic E-state index is 4.61. The van der Waals surface area contributed by atoms with E-state index in [0.29, 0.717) is 6.04 Å². The molecule has 4 heteroatoms. The van der Waals surface area contributed by atoms with Crippen molar-refractivity contribution in [3.05, 3.63) is 16.5 Å². The van der Waals surface area contributed by atoms with Crippen LogP contribution in [-0.4, -0.2) is 23.1 Å². The van der Waals surface area contributed by atoms with Crippen LogP contribution < -0.4 is 4.90 Å². The highest BCUT2D eigenvalue weighted by atomic mass is 79.9. The van der Waals surface area contributed by atoms with Gasteiger partial charge in [-0.2, -0.15) is 0 Å². The predicted molar refractivity (Wildman–Crippen MR) is 72.0 cm³/mol. The molecule has 90 valence electrons. The molecule has 0 bridgehead atoms. The summed E-state index contributed by atoms with van der Waals surface area (Å²) in [5.74, 6) is 1.83. The van der Waals surface area contributed by atoms with Crippen LogP contribution in [0.4, 0.5) is 5.82 Å². The van der Waals surface area contributed by atoms with Crippen LogP contribution >= 0.6 is 15.9 Å². The fourth-order valence-corrected chi connectivity index (χ4v) is 1.56. The molecule has 0 fully saturated rings. The molecule has 16 heavy (non-hydrogen) atoms. The lowest BCUT2D eigenvalue weighted by molar-refractivity contribution is 0.541. The third-order valence-electron chi connectivity index (χ3n) is 2.49. The number of aromatic nitrogens is 2. The monoisotopic (exact) mass is 285 g/mol. The quantitative estimate of drug-likeness (QED) is 0.780. The Balaban J connectivity index is 3.18. The van der Waals surface area contributed by atoms with Crippen molar-refractivity contribution in [1.29, 1.82) is 0 Å². The Morgan fingerprint density at radius 1 is 1.25 bits per heavy atom. The van der Waals surface area contributed by atoms with Crippen molar-refractivity contribution in [3.8, 4) is 0 Å². The van der Waals surface area contributed by atoms with Gasteiger partial charge in [-0.15, -0.1) is 0 Å². The molecule has 1 rings (SSSR count). The van der Waals surface area contributed by atoms with E-state index in [1.807, 2.05) is 13.1 Å². The average Bonchev–Trinajstić information content (AvgIpc) is 2.14. The molecule has 1 aromatic heterocycles. The first-order valence-electron chi connectivity index (χ1n) is 5.49. The van der Waals surface area contributed by atoms with E-state index in [-0.39, 0.29) is 5.41 Å². The first-order chi connectivity index (χ1) is 7.21. The standard InChI is InChI=1S/C12H20BrN3/c1-8(2)16(6)10-7-9(13)14-11(15-10)12(3,4)5/h7-8H,1-6H3. The molecule has 0 aliphatic rings. The van der Waals surface area contributed by atoms with Gasteiger partial charge in [0.05, 0.1) is 0 Å². The van der Waals surface area contributed by atoms with E-state index >= 15 is 0 Å². The minimum atomic E-state index is -0.0314. The van der Waals surface area contributed by atoms with Crippen LogP contribution in [0.15, 0.2) is 10.7 Å². The summed E-state index contributed by atoms with van der Waals surface area (Å²) in [5, 5.41) is 0. The lowest BCUT2D eigenvalue weighted by Gasteiger charge is -2.25. The molecular formula is C12H20BrN3. The van der Waals surface area contributed by atoms with E-state index in [1.54, 1.807) is 0 Å². The molecule has 0 saturated carbocycles. The maximum Gasteiger partial charge on any atom is 0.137 e. The van der Waals surface area contributed by atoms with Crippen molar-refractivity contribution >= 4 is 21.7 Å². The lowest BCUT2D eigenvalue weighted by atomic mass is 9.96. The summed E-state index contributed by atoms with van der Waals surface area (Å²) in [6.45, 7) is 10.6. The van der Waals surface area contributed by atoms with E-state index in [2.05, 4.69) is 65.4 Å². The van der Waals surface area contributed by atoms with E-state index in [4.69, 9.17) is 0 Å². The normalized spacial score (nSPS) is 12.0. The number of nitrogens with zero attached hydrogens (tertiary/aromatic N) is 3. The van der Waals surface area contributed by atoms with Crippen LogP contribution in [0.2, 0.25) is 0 Å². The van der Waals surface area contributed by atoms with Crippen LogP contribution in [0.1, 0.15) is 40.4 Å². The van der Waals surface area contributed by atoms with E-state index in [0.717, 1.165) is 16.2 Å². The third-order valence-corrected chi connectivity index (χ3v) is 2.89. The largest absolute Gasteiger partial charge is 0.357 e. The van der Waals surface area contributed by atoms with Gasteiger partial charge in [-0.05, 0) is 29.8 Å². The van der Waals surface area contributed by atoms with Gasteiger partial charge in [-0.3, -0.25) is 0 Å². The van der Waals surface area contributed by atoms with Gasteiger partial charge in [0.15, 0.2) is 0 Å². The molecule has 0 aliphatic heterocycles. The van der Waals surface area contributed by atoms with Gasteiger partial charge >= 0.3 is 0 Å². The summed E-state index contributed by atoms with van der Waals surface area (Å²) >= 11 is 3.45. The number of halogens is 1. The highest BCUT2D eigenvalue weighted by Crippen LogP contribution is 2.24. The molecule has 0 spiro atoms. The smallest absolute Gasteiger partial charge is 0.137 e. The molecule has 1 heterocycles. The fraction of sp³-hybridized carbons (Fsp3) is 0.667. The Bertz CT molecular complexity index is 369. The van der Waals surface area contributed by atoms with Crippen LogP contribution in [0.25, 0.3) is 0 Å². The highest BCUT2D eigenvalue weighted by molar-refractivity contribution is 9.10. The number of rotatable bonds is 2. The summed E-state index contributed by atoms with van der Waals surface area (Å²) in [4.78, 5) is 11.2. The van der Waals surface area contributed by atoms with Crippen molar-refractivity contribution in [2.45, 2.75) is 46.1 Å². The highest BCUT2D eigenvalue weighted by Gasteiger charge is 2.20. The van der Waals surface area contributed by atoms with Gasteiger partial charge in [0.25, 0.3) is 0 Å². The van der Waals surface area contributed by atoms with Crippen molar-refractivity contribution < 1.29 is 0 Å². The van der Waals surface area contributed by atoms with Crippen molar-refractivity contribution in [1.82, 2.24) is 9.97 Å². The van der Waals surface area contributed by atoms with Crippen molar-refractivity contribution in [2.75, 3.05) is 11.9 Å². The predicted octanol–water partition coefficient (Wildman–Crippen LogP) is 3.38. The molecule has 0 radical (unpaired) electrons. The molecular weight excluding hydrogens is 266 g/mol. The molecule has 0 aromatic carbocycles. The topological polar surface area (TPSA) is 29.0 Å². The van der Waals surface area contributed by atoms with Gasteiger partial charge in [0, 0.05) is 24.6 Å². The minimum absolute atomic E-state index is 0.0314. The van der Waals surface area contributed by atoms with Gasteiger partial charge in [0.1, 0.15) is 16.2 Å². The Morgan fingerprint density at radius 3 is 2.25 bits per heavy atom. The third kappa shape index (κ3) is 3.17. The van der Waals surface area contributed by atoms with Crippen molar-refractivity contribution in [3.63, 3.8) is 0 Å². The Kier molecular flexibility index (Phi) is 3.94. The van der Waals surface area contributed by atoms with Gasteiger partial charge in [0.2, 0.25) is 0 Å². The minimum Gasteiger partial charge on any atom is -0.357 e. The zero-order chi connectivity index (χ0) is 12.5. The molecule has 0 saturated heterocycles. The molecule has 1 aromatic rings. The zero-order valence-electron chi connectivity index (χ0n) is 10.9. The lowest BCUT2D eigenvalue weighted by Crippen LogP contribution is -2.28. The van der Waals surface area contributed by atoms with Gasteiger partial charge in [-0.1, -0.05) is 20.8 Å². The van der Waals surface area contributed by atoms with Crippen LogP contribution in [-0.2, 0) is 5.41 Å². The Hall–Kier alpha value is -0.640. The summed E-state index contributed by atoms with van der Waals surface area (Å²) < 4.78 is 0.843. The Labute approximate surface area is 106 Å². The van der Waals surface area contributed by atoms with Gasteiger partial charge in [-0.25, -0.2) is 9.97 Å². The molecule has 0 amide bonds. The summed E-state index contributed by atoms with van der Waals surface area (Å²) in [6.07, 6.45) is 0. The molecule has 0 aliphatic carbocycles. The summed E-state index contributed by atoms with van der Waals surface area (Å²) in [5.41, 5.74) is -0.0314. The van der Waals surface area contributed by atoms with Crippen molar-refractivity contribution in [2.24, 2.45) is 0 Å². The Morgan fingerprint density at radius 2 is 1.81 bits per heavy atom. The van der Waals surface area contributed by atoms with E-state index in [1.165, 1.54) is 0 Å². The molecule has 0 unspecified atom stereocenters. The van der Waals surface area contributed by atoms with E-state index < -0.39 is 0 Å². The van der Waals surface area contributed by atoms with Gasteiger partial charge < -0.3 is 4.90 Å². The first kappa shape index (κ1) is 13.4. The SMILES string of the molecule is CC(C)N(C)c1cc(Br)nc(C(C)(C)C)n1. The number of hydrogen-bond acceptors (Lipinski definition) is 3. The second-order valence-corrected chi connectivity index (χ2v) is 6.14. The first-order valence-corrected chi connectivity index (χ1v) is 6.29. The molecule has 0 N–H and O–H groups in total. The second kappa shape index (κ2) is 4.70. The van der Waals surface area contributed by atoms with Crippen LogP contribution in [0, 0.1) is 0 Å². The second-order valence-electron chi connectivity index (χ2n) is 5.33. The number of anilines is 1. The summed E-state index contributed by atoms with van der Waals surface area (Å²) in [6, 6.07) is 2.38. The van der Waals surface area contributed by atoms with E-state index in [9.17, 15) is 0 Å². The number of hydrogen-bond donors (Lipinski definition) is 0. The molecule has 3 nitrogen and oxygen atoms in total. The maximum atomic E-state index is 4.61. The fourth-order valence-electron chi connectivity index (χ4n) is 1.19.